The molecule has 1 aromatic carbocycles. The number of nitrogens with zero attached hydrogens (tertiary/aromatic N) is 1. The van der Waals surface area contributed by atoms with Gasteiger partial charge in [0.2, 0.25) is 5.91 Å². The Balaban J connectivity index is 2.10. The van der Waals surface area contributed by atoms with Gasteiger partial charge in [0, 0.05) is 12.0 Å². The van der Waals surface area contributed by atoms with Crippen LogP contribution in [0.5, 0.6) is 0 Å². The zero-order valence-corrected chi connectivity index (χ0v) is 11.9. The Morgan fingerprint density at radius 3 is 2.53 bits per heavy atom. The van der Waals surface area contributed by atoms with Crippen LogP contribution in [-0.4, -0.2) is 28.7 Å². The predicted molar refractivity (Wildman–Crippen MR) is 74.9 cm³/mol. The van der Waals surface area contributed by atoms with Crippen molar-refractivity contribution >= 4 is 11.7 Å². The maximum Gasteiger partial charge on any atom is 0.227 e. The summed E-state index contributed by atoms with van der Waals surface area (Å²) in [4.78, 5) is 25.7. The van der Waals surface area contributed by atoms with Crippen molar-refractivity contribution in [2.75, 3.05) is 6.54 Å². The van der Waals surface area contributed by atoms with E-state index in [4.69, 9.17) is 0 Å². The standard InChI is InChI=1S/C16H21NO2/c1-12-4-6-13(7-5-12)10-15(19)17-11-14(18)8-9-16(17,2)3/h4-7H,8-11H2,1-3H3. The Labute approximate surface area is 114 Å². The topological polar surface area (TPSA) is 37.4 Å². The van der Waals surface area contributed by atoms with Crippen LogP contribution in [0.3, 0.4) is 0 Å². The van der Waals surface area contributed by atoms with Gasteiger partial charge in [-0.1, -0.05) is 29.8 Å². The maximum atomic E-state index is 12.4. The Bertz CT molecular complexity index is 488. The molecular formula is C16H21NO2. The summed E-state index contributed by atoms with van der Waals surface area (Å²) in [5.41, 5.74) is 1.98. The molecule has 102 valence electrons. The highest BCUT2D eigenvalue weighted by Gasteiger charge is 2.36. The number of piperidine rings is 1. The quantitative estimate of drug-likeness (QED) is 0.818. The van der Waals surface area contributed by atoms with E-state index in [9.17, 15) is 9.59 Å². The number of carbonyl (C=O) groups excluding carboxylic acids is 2. The van der Waals surface area contributed by atoms with Crippen molar-refractivity contribution in [3.8, 4) is 0 Å². The van der Waals surface area contributed by atoms with Crippen LogP contribution in [0.4, 0.5) is 0 Å². The molecule has 0 aliphatic carbocycles. The molecule has 19 heavy (non-hydrogen) atoms. The van der Waals surface area contributed by atoms with Crippen LogP contribution in [0.25, 0.3) is 0 Å². The highest BCUT2D eigenvalue weighted by Crippen LogP contribution is 2.26. The van der Waals surface area contributed by atoms with Crippen LogP contribution in [-0.2, 0) is 16.0 Å². The van der Waals surface area contributed by atoms with Crippen molar-refractivity contribution in [1.82, 2.24) is 4.90 Å². The molecular weight excluding hydrogens is 238 g/mol. The summed E-state index contributed by atoms with van der Waals surface area (Å²) in [6.07, 6.45) is 1.71. The van der Waals surface area contributed by atoms with Crippen molar-refractivity contribution in [1.29, 1.82) is 0 Å². The third-order valence-corrected chi connectivity index (χ3v) is 3.86. The predicted octanol–water partition coefficient (Wildman–Crippen LogP) is 2.51. The minimum atomic E-state index is -0.213. The molecule has 1 aromatic rings. The summed E-state index contributed by atoms with van der Waals surface area (Å²) in [6.45, 7) is 6.36. The summed E-state index contributed by atoms with van der Waals surface area (Å²) in [5.74, 6) is 0.207. The SMILES string of the molecule is Cc1ccc(CC(=O)N2CC(=O)CCC2(C)C)cc1. The molecule has 0 unspecified atom stereocenters. The molecule has 1 saturated heterocycles. The van der Waals surface area contributed by atoms with Crippen LogP contribution in [0, 0.1) is 6.92 Å². The molecule has 0 radical (unpaired) electrons. The fraction of sp³-hybridized carbons (Fsp3) is 0.500. The van der Waals surface area contributed by atoms with Crippen molar-refractivity contribution in [2.45, 2.75) is 45.6 Å². The van der Waals surface area contributed by atoms with Crippen molar-refractivity contribution in [3.63, 3.8) is 0 Å². The molecule has 1 fully saturated rings. The molecule has 0 aromatic heterocycles. The molecule has 2 rings (SSSR count). The number of Topliss-reactive ketones (excluding diaryl/α,β-unsaturated/α-hetero) is 1. The number of rotatable bonds is 2. The zero-order valence-electron chi connectivity index (χ0n) is 11.9. The van der Waals surface area contributed by atoms with Crippen molar-refractivity contribution < 1.29 is 9.59 Å². The second kappa shape index (κ2) is 5.16. The van der Waals surface area contributed by atoms with Gasteiger partial charge in [0.1, 0.15) is 0 Å². The number of ketones is 1. The third-order valence-electron chi connectivity index (χ3n) is 3.86. The molecule has 0 N–H and O–H groups in total. The normalized spacial score (nSPS) is 18.5. The first-order chi connectivity index (χ1) is 8.88. The number of hydrogen-bond donors (Lipinski definition) is 0. The van der Waals surface area contributed by atoms with Gasteiger partial charge in [0.15, 0.2) is 5.78 Å². The highest BCUT2D eigenvalue weighted by atomic mass is 16.2. The minimum absolute atomic E-state index is 0.0434. The van der Waals surface area contributed by atoms with Gasteiger partial charge in [-0.05, 0) is 32.8 Å². The van der Waals surface area contributed by atoms with E-state index in [0.717, 1.165) is 12.0 Å². The van der Waals surface area contributed by atoms with Gasteiger partial charge < -0.3 is 4.90 Å². The van der Waals surface area contributed by atoms with E-state index in [1.807, 2.05) is 45.0 Å². The molecule has 3 heteroatoms. The van der Waals surface area contributed by atoms with Crippen molar-refractivity contribution in [3.05, 3.63) is 35.4 Å². The summed E-state index contributed by atoms with van der Waals surface area (Å²) in [5, 5.41) is 0. The molecule has 0 bridgehead atoms. The second-order valence-corrected chi connectivity index (χ2v) is 5.99. The second-order valence-electron chi connectivity index (χ2n) is 5.99. The van der Waals surface area contributed by atoms with Crippen LogP contribution >= 0.6 is 0 Å². The third kappa shape index (κ3) is 3.22. The van der Waals surface area contributed by atoms with E-state index >= 15 is 0 Å². The van der Waals surface area contributed by atoms with E-state index < -0.39 is 0 Å². The van der Waals surface area contributed by atoms with Crippen LogP contribution in [0.15, 0.2) is 24.3 Å². The van der Waals surface area contributed by atoms with E-state index in [0.29, 0.717) is 12.8 Å². The molecule has 1 aliphatic heterocycles. The molecule has 0 spiro atoms. The Morgan fingerprint density at radius 1 is 1.26 bits per heavy atom. The Hall–Kier alpha value is -1.64. The van der Waals surface area contributed by atoms with Gasteiger partial charge >= 0.3 is 0 Å². The molecule has 3 nitrogen and oxygen atoms in total. The number of amides is 1. The van der Waals surface area contributed by atoms with Gasteiger partial charge in [-0.2, -0.15) is 0 Å². The number of aryl methyl sites for hydroxylation is 1. The fourth-order valence-electron chi connectivity index (χ4n) is 2.45. The average molecular weight is 259 g/mol. The average Bonchev–Trinajstić information content (AvgIpc) is 2.35. The Kier molecular flexibility index (Phi) is 3.74. The van der Waals surface area contributed by atoms with Gasteiger partial charge in [0.05, 0.1) is 13.0 Å². The monoisotopic (exact) mass is 259 g/mol. The van der Waals surface area contributed by atoms with Crippen LogP contribution in [0.1, 0.15) is 37.8 Å². The molecule has 0 saturated carbocycles. The minimum Gasteiger partial charge on any atom is -0.330 e. The Morgan fingerprint density at radius 2 is 1.89 bits per heavy atom. The smallest absolute Gasteiger partial charge is 0.227 e. The maximum absolute atomic E-state index is 12.4. The largest absolute Gasteiger partial charge is 0.330 e. The number of carbonyl (C=O) groups is 2. The van der Waals surface area contributed by atoms with Gasteiger partial charge in [-0.15, -0.1) is 0 Å². The van der Waals surface area contributed by atoms with Crippen molar-refractivity contribution in [2.24, 2.45) is 0 Å². The summed E-state index contributed by atoms with van der Waals surface area (Å²) >= 11 is 0. The molecule has 1 amide bonds. The lowest BCUT2D eigenvalue weighted by Gasteiger charge is -2.41. The summed E-state index contributed by atoms with van der Waals surface area (Å²) in [6, 6.07) is 7.97. The molecule has 1 heterocycles. The highest BCUT2D eigenvalue weighted by molar-refractivity contribution is 5.88. The van der Waals surface area contributed by atoms with E-state index in [1.54, 1.807) is 4.90 Å². The number of benzene rings is 1. The lowest BCUT2D eigenvalue weighted by Crippen LogP contribution is -2.54. The van der Waals surface area contributed by atoms with E-state index in [-0.39, 0.29) is 23.8 Å². The lowest BCUT2D eigenvalue weighted by molar-refractivity contribution is -0.144. The lowest BCUT2D eigenvalue weighted by atomic mass is 9.89. The summed E-state index contributed by atoms with van der Waals surface area (Å²) in [7, 11) is 0. The van der Waals surface area contributed by atoms with Gasteiger partial charge in [-0.25, -0.2) is 0 Å². The number of likely N-dealkylation sites (tertiary alicyclic amines) is 1. The number of hydrogen-bond acceptors (Lipinski definition) is 2. The first kappa shape index (κ1) is 13.8. The van der Waals surface area contributed by atoms with E-state index in [1.165, 1.54) is 5.56 Å². The zero-order chi connectivity index (χ0) is 14.0. The fourth-order valence-corrected chi connectivity index (χ4v) is 2.45. The first-order valence-electron chi connectivity index (χ1n) is 6.76. The summed E-state index contributed by atoms with van der Waals surface area (Å²) < 4.78 is 0. The van der Waals surface area contributed by atoms with Gasteiger partial charge in [-0.3, -0.25) is 9.59 Å². The molecule has 0 atom stereocenters. The van der Waals surface area contributed by atoms with Crippen LogP contribution in [0.2, 0.25) is 0 Å². The molecule has 1 aliphatic rings. The van der Waals surface area contributed by atoms with E-state index in [2.05, 4.69) is 0 Å². The first-order valence-corrected chi connectivity index (χ1v) is 6.76. The van der Waals surface area contributed by atoms with Gasteiger partial charge in [0.25, 0.3) is 0 Å². The van der Waals surface area contributed by atoms with Crippen LogP contribution < -0.4 is 0 Å².